The number of hydrogen-bond donors (Lipinski definition) is 2. The number of carboxylic acids is 1. The molecule has 2 N–H and O–H groups in total. The minimum Gasteiger partial charge on any atom is -0.480 e. The lowest BCUT2D eigenvalue weighted by molar-refractivity contribution is -0.141. The fraction of sp³-hybridized carbons (Fsp3) is 0.818. The highest BCUT2D eigenvalue weighted by Crippen LogP contribution is 2.18. The molecule has 0 rings (SSSR count). The van der Waals surface area contributed by atoms with E-state index >= 15 is 0 Å². The van der Waals surface area contributed by atoms with E-state index in [2.05, 4.69) is 19.2 Å². The van der Waals surface area contributed by atoms with Gasteiger partial charge in [0.2, 0.25) is 5.91 Å². The molecule has 15 heavy (non-hydrogen) atoms. The molecule has 0 aromatic heterocycles. The van der Waals surface area contributed by atoms with Gasteiger partial charge in [0.05, 0.1) is 0 Å². The van der Waals surface area contributed by atoms with Crippen LogP contribution in [-0.2, 0) is 9.59 Å². The number of hydrogen-bond acceptors (Lipinski definition) is 2. The minimum atomic E-state index is -0.999. The molecule has 88 valence electrons. The van der Waals surface area contributed by atoms with E-state index in [1.807, 2.05) is 6.92 Å². The van der Waals surface area contributed by atoms with Crippen molar-refractivity contribution >= 4 is 11.9 Å². The molecule has 0 aromatic carbocycles. The Morgan fingerprint density at radius 1 is 1.27 bits per heavy atom. The summed E-state index contributed by atoms with van der Waals surface area (Å²) in [5.41, 5.74) is 0. The van der Waals surface area contributed by atoms with Crippen LogP contribution in [0.5, 0.6) is 0 Å². The summed E-state index contributed by atoms with van der Waals surface area (Å²) in [6.45, 7) is 7.65. The first-order valence-electron chi connectivity index (χ1n) is 5.40. The van der Waals surface area contributed by atoms with Crippen LogP contribution in [-0.4, -0.2) is 23.0 Å². The highest BCUT2D eigenvalue weighted by atomic mass is 16.4. The molecule has 0 saturated heterocycles. The zero-order valence-corrected chi connectivity index (χ0v) is 9.91. The molecule has 1 amide bonds. The summed E-state index contributed by atoms with van der Waals surface area (Å²) in [5.74, 6) is -0.404. The Balaban J connectivity index is 4.07. The van der Waals surface area contributed by atoms with Gasteiger partial charge in [-0.1, -0.05) is 27.2 Å². The molecule has 0 aliphatic rings. The van der Waals surface area contributed by atoms with Crippen LogP contribution in [0.25, 0.3) is 0 Å². The van der Waals surface area contributed by atoms with E-state index in [1.165, 1.54) is 6.92 Å². The molecule has 0 spiro atoms. The van der Waals surface area contributed by atoms with Crippen molar-refractivity contribution in [1.29, 1.82) is 0 Å². The van der Waals surface area contributed by atoms with Crippen LogP contribution in [0.15, 0.2) is 0 Å². The zero-order valence-electron chi connectivity index (χ0n) is 9.91. The first kappa shape index (κ1) is 13.9. The Bertz CT molecular complexity index is 226. The summed E-state index contributed by atoms with van der Waals surface area (Å²) in [7, 11) is 0. The van der Waals surface area contributed by atoms with Gasteiger partial charge in [0.25, 0.3) is 0 Å². The van der Waals surface area contributed by atoms with Gasteiger partial charge in [-0.25, -0.2) is 0 Å². The largest absolute Gasteiger partial charge is 0.480 e. The van der Waals surface area contributed by atoms with E-state index in [0.29, 0.717) is 18.3 Å². The summed E-state index contributed by atoms with van der Waals surface area (Å²) in [6, 6.07) is -0.804. The standard InChI is InChI=1S/C11H21NO3/c1-5-9(7(2)3)6-10(13)12-8(4)11(14)15/h7-9H,5-6H2,1-4H3,(H,12,13)(H,14,15)/t8-,9?/m0/s1. The van der Waals surface area contributed by atoms with Gasteiger partial charge in [-0.15, -0.1) is 0 Å². The first-order chi connectivity index (χ1) is 6.88. The van der Waals surface area contributed by atoms with Crippen LogP contribution >= 0.6 is 0 Å². The van der Waals surface area contributed by atoms with Crippen molar-refractivity contribution in [3.8, 4) is 0 Å². The second-order valence-electron chi connectivity index (χ2n) is 4.24. The Labute approximate surface area is 91.1 Å². The SMILES string of the molecule is CCC(CC(=O)N[C@@H](C)C(=O)O)C(C)C. The average molecular weight is 215 g/mol. The van der Waals surface area contributed by atoms with E-state index in [1.54, 1.807) is 0 Å². The molecule has 0 aliphatic carbocycles. The van der Waals surface area contributed by atoms with E-state index < -0.39 is 12.0 Å². The van der Waals surface area contributed by atoms with Crippen molar-refractivity contribution in [2.75, 3.05) is 0 Å². The van der Waals surface area contributed by atoms with Crippen molar-refractivity contribution in [2.45, 2.75) is 46.6 Å². The number of nitrogens with one attached hydrogen (secondary N) is 1. The molecule has 0 heterocycles. The highest BCUT2D eigenvalue weighted by Gasteiger charge is 2.19. The van der Waals surface area contributed by atoms with E-state index in [-0.39, 0.29) is 5.91 Å². The number of carbonyl (C=O) groups is 2. The summed E-state index contributed by atoms with van der Waals surface area (Å²) in [4.78, 5) is 22.0. The van der Waals surface area contributed by atoms with Gasteiger partial charge in [-0.05, 0) is 18.8 Å². The summed E-state index contributed by atoms with van der Waals surface area (Å²) >= 11 is 0. The number of aliphatic carboxylic acids is 1. The van der Waals surface area contributed by atoms with Gasteiger partial charge in [-0.2, -0.15) is 0 Å². The molecule has 1 unspecified atom stereocenters. The predicted molar refractivity (Wildman–Crippen MR) is 58.5 cm³/mol. The molecule has 0 fully saturated rings. The van der Waals surface area contributed by atoms with Crippen LogP contribution < -0.4 is 5.32 Å². The maximum Gasteiger partial charge on any atom is 0.325 e. The molecule has 0 saturated carbocycles. The van der Waals surface area contributed by atoms with Crippen molar-refractivity contribution < 1.29 is 14.7 Å². The van der Waals surface area contributed by atoms with Crippen LogP contribution in [0.2, 0.25) is 0 Å². The van der Waals surface area contributed by atoms with Crippen molar-refractivity contribution in [3.63, 3.8) is 0 Å². The zero-order chi connectivity index (χ0) is 12.0. The van der Waals surface area contributed by atoms with Gasteiger partial charge in [0, 0.05) is 6.42 Å². The van der Waals surface area contributed by atoms with E-state index in [9.17, 15) is 9.59 Å². The fourth-order valence-electron chi connectivity index (χ4n) is 1.45. The molecule has 0 bridgehead atoms. The molecule has 2 atom stereocenters. The van der Waals surface area contributed by atoms with E-state index in [4.69, 9.17) is 5.11 Å². The van der Waals surface area contributed by atoms with Crippen LogP contribution in [0.3, 0.4) is 0 Å². The molecular formula is C11H21NO3. The Morgan fingerprint density at radius 3 is 2.13 bits per heavy atom. The normalized spacial score (nSPS) is 14.7. The van der Waals surface area contributed by atoms with Crippen LogP contribution in [0, 0.1) is 11.8 Å². The van der Waals surface area contributed by atoms with Gasteiger partial charge in [0.1, 0.15) is 6.04 Å². The number of amides is 1. The van der Waals surface area contributed by atoms with Gasteiger partial charge in [-0.3, -0.25) is 9.59 Å². The second kappa shape index (κ2) is 6.43. The van der Waals surface area contributed by atoms with Crippen LogP contribution in [0.1, 0.15) is 40.5 Å². The topological polar surface area (TPSA) is 66.4 Å². The quantitative estimate of drug-likeness (QED) is 0.708. The second-order valence-corrected chi connectivity index (χ2v) is 4.24. The summed E-state index contributed by atoms with van der Waals surface area (Å²) in [6.07, 6.45) is 1.35. The number of carbonyl (C=O) groups excluding carboxylic acids is 1. The maximum atomic E-state index is 11.5. The molecular weight excluding hydrogens is 194 g/mol. The molecule has 0 radical (unpaired) electrons. The number of rotatable bonds is 6. The third-order valence-corrected chi connectivity index (χ3v) is 2.66. The smallest absolute Gasteiger partial charge is 0.325 e. The lowest BCUT2D eigenvalue weighted by Gasteiger charge is -2.19. The van der Waals surface area contributed by atoms with Crippen LogP contribution in [0.4, 0.5) is 0 Å². The van der Waals surface area contributed by atoms with Crippen molar-refractivity contribution in [2.24, 2.45) is 11.8 Å². The third-order valence-electron chi connectivity index (χ3n) is 2.66. The van der Waals surface area contributed by atoms with Gasteiger partial charge in [0.15, 0.2) is 0 Å². The third kappa shape index (κ3) is 5.40. The Hall–Kier alpha value is -1.06. The highest BCUT2D eigenvalue weighted by molar-refractivity contribution is 5.83. The predicted octanol–water partition coefficient (Wildman–Crippen LogP) is 1.65. The molecule has 4 heteroatoms. The maximum absolute atomic E-state index is 11.5. The first-order valence-corrected chi connectivity index (χ1v) is 5.40. The Kier molecular flexibility index (Phi) is 5.97. The lowest BCUT2D eigenvalue weighted by Crippen LogP contribution is -2.39. The molecule has 0 aromatic rings. The molecule has 4 nitrogen and oxygen atoms in total. The number of carboxylic acid groups (broad SMARTS) is 1. The average Bonchev–Trinajstić information content (AvgIpc) is 2.13. The fourth-order valence-corrected chi connectivity index (χ4v) is 1.45. The lowest BCUT2D eigenvalue weighted by atomic mass is 9.90. The monoisotopic (exact) mass is 215 g/mol. The van der Waals surface area contributed by atoms with Gasteiger partial charge >= 0.3 is 5.97 Å². The molecule has 0 aliphatic heterocycles. The minimum absolute atomic E-state index is 0.176. The Morgan fingerprint density at radius 2 is 1.80 bits per heavy atom. The van der Waals surface area contributed by atoms with E-state index in [0.717, 1.165) is 6.42 Å². The van der Waals surface area contributed by atoms with Crippen molar-refractivity contribution in [3.05, 3.63) is 0 Å². The summed E-state index contributed by atoms with van der Waals surface area (Å²) < 4.78 is 0. The van der Waals surface area contributed by atoms with Crippen molar-refractivity contribution in [1.82, 2.24) is 5.32 Å². The summed E-state index contributed by atoms with van der Waals surface area (Å²) in [5, 5.41) is 11.1. The van der Waals surface area contributed by atoms with Gasteiger partial charge < -0.3 is 10.4 Å².